The normalized spacial score (nSPS) is 15.0. The van der Waals surface area contributed by atoms with Crippen LogP contribution in [0.3, 0.4) is 0 Å². The minimum absolute atomic E-state index is 0.00892. The Labute approximate surface area is 133 Å². The topological polar surface area (TPSA) is 40.6 Å². The molecule has 0 unspecified atom stereocenters. The first-order chi connectivity index (χ1) is 10.6. The molecule has 1 aromatic carbocycles. The first-order valence-electron chi connectivity index (χ1n) is 8.19. The monoisotopic (exact) mass is 302 g/mol. The Morgan fingerprint density at radius 1 is 1.09 bits per heavy atom. The molecule has 0 aromatic heterocycles. The maximum absolute atomic E-state index is 12.5. The predicted octanol–water partition coefficient (Wildman–Crippen LogP) is 2.83. The molecule has 1 heterocycles. The summed E-state index contributed by atoms with van der Waals surface area (Å²) in [6, 6.07) is 10.0. The van der Waals surface area contributed by atoms with E-state index < -0.39 is 0 Å². The van der Waals surface area contributed by atoms with Gasteiger partial charge in [0.1, 0.15) is 6.42 Å². The highest BCUT2D eigenvalue weighted by Crippen LogP contribution is 2.13. The summed E-state index contributed by atoms with van der Waals surface area (Å²) in [5.74, 6) is -0.0992. The van der Waals surface area contributed by atoms with E-state index in [0.717, 1.165) is 31.5 Å². The molecule has 1 aliphatic rings. The van der Waals surface area contributed by atoms with Crippen molar-refractivity contribution in [3.05, 3.63) is 35.9 Å². The quantitative estimate of drug-likeness (QED) is 0.785. The molecule has 120 valence electrons. The van der Waals surface area contributed by atoms with E-state index in [1.54, 1.807) is 4.90 Å². The third-order valence-electron chi connectivity index (χ3n) is 4.15. The van der Waals surface area contributed by atoms with Gasteiger partial charge in [0.25, 0.3) is 0 Å². The number of hydrogen-bond donors (Lipinski definition) is 0. The Balaban J connectivity index is 1.95. The van der Waals surface area contributed by atoms with Gasteiger partial charge in [0.2, 0.25) is 11.8 Å². The fraction of sp³-hybridized carbons (Fsp3) is 0.556. The molecule has 0 aliphatic carbocycles. The second-order valence-electron chi connectivity index (χ2n) is 6.22. The van der Waals surface area contributed by atoms with Gasteiger partial charge in [-0.1, -0.05) is 30.3 Å². The van der Waals surface area contributed by atoms with Crippen molar-refractivity contribution in [3.8, 4) is 0 Å². The molecule has 4 heteroatoms. The Kier molecular flexibility index (Phi) is 5.99. The van der Waals surface area contributed by atoms with E-state index in [4.69, 9.17) is 0 Å². The van der Waals surface area contributed by atoms with Crippen LogP contribution in [0.4, 0.5) is 0 Å². The summed E-state index contributed by atoms with van der Waals surface area (Å²) >= 11 is 0. The summed E-state index contributed by atoms with van der Waals surface area (Å²) in [6.07, 6.45) is 3.28. The van der Waals surface area contributed by atoms with E-state index in [1.165, 1.54) is 6.42 Å². The fourth-order valence-electron chi connectivity index (χ4n) is 2.82. The van der Waals surface area contributed by atoms with Crippen LogP contribution < -0.4 is 0 Å². The van der Waals surface area contributed by atoms with Crippen LogP contribution in [0.15, 0.2) is 30.3 Å². The molecule has 0 radical (unpaired) electrons. The first kappa shape index (κ1) is 16.5. The minimum atomic E-state index is -0.0746. The molecule has 1 saturated heterocycles. The van der Waals surface area contributed by atoms with E-state index in [2.05, 4.69) is 0 Å². The Morgan fingerprint density at radius 2 is 1.73 bits per heavy atom. The molecule has 22 heavy (non-hydrogen) atoms. The number of benzene rings is 1. The van der Waals surface area contributed by atoms with Crippen molar-refractivity contribution >= 4 is 11.8 Å². The van der Waals surface area contributed by atoms with Crippen molar-refractivity contribution in [2.45, 2.75) is 52.1 Å². The van der Waals surface area contributed by atoms with Crippen LogP contribution in [0.5, 0.6) is 0 Å². The van der Waals surface area contributed by atoms with E-state index >= 15 is 0 Å². The second-order valence-corrected chi connectivity index (χ2v) is 6.22. The van der Waals surface area contributed by atoms with Crippen LogP contribution in [0, 0.1) is 0 Å². The lowest BCUT2D eigenvalue weighted by Gasteiger charge is -2.30. The van der Waals surface area contributed by atoms with Crippen LogP contribution >= 0.6 is 0 Å². The van der Waals surface area contributed by atoms with Crippen LogP contribution in [-0.4, -0.2) is 40.7 Å². The van der Waals surface area contributed by atoms with Gasteiger partial charge in [-0.15, -0.1) is 0 Å². The number of amides is 2. The molecule has 1 fully saturated rings. The molecule has 0 atom stereocenters. The molecule has 1 aliphatic heterocycles. The molecule has 1 aromatic rings. The summed E-state index contributed by atoms with van der Waals surface area (Å²) in [5.41, 5.74) is 1.09. The highest BCUT2D eigenvalue weighted by molar-refractivity contribution is 5.97. The van der Waals surface area contributed by atoms with Crippen molar-refractivity contribution in [1.82, 2.24) is 9.80 Å². The van der Waals surface area contributed by atoms with Crippen molar-refractivity contribution in [1.29, 1.82) is 0 Å². The largest absolute Gasteiger partial charge is 0.342 e. The molecule has 2 amide bonds. The van der Waals surface area contributed by atoms with Crippen LogP contribution in [-0.2, 0) is 16.1 Å². The Morgan fingerprint density at radius 3 is 2.32 bits per heavy atom. The standard InChI is InChI=1S/C18H26N2O2/c1-15(2)20(14-16-9-5-3-6-10-16)18(22)13-17(21)19-11-7-4-8-12-19/h3,5-6,9-10,15H,4,7-8,11-14H2,1-2H3. The number of piperidine rings is 1. The zero-order valence-electron chi connectivity index (χ0n) is 13.6. The summed E-state index contributed by atoms with van der Waals surface area (Å²) in [6.45, 7) is 6.14. The molecule has 2 rings (SSSR count). The van der Waals surface area contributed by atoms with Crippen molar-refractivity contribution < 1.29 is 9.59 Å². The van der Waals surface area contributed by atoms with Crippen molar-refractivity contribution in [2.24, 2.45) is 0 Å². The molecule has 0 spiro atoms. The van der Waals surface area contributed by atoms with Gasteiger partial charge in [0.15, 0.2) is 0 Å². The van der Waals surface area contributed by atoms with Gasteiger partial charge in [-0.2, -0.15) is 0 Å². The summed E-state index contributed by atoms with van der Waals surface area (Å²) < 4.78 is 0. The van der Waals surface area contributed by atoms with E-state index in [0.29, 0.717) is 6.54 Å². The van der Waals surface area contributed by atoms with Crippen molar-refractivity contribution in [3.63, 3.8) is 0 Å². The van der Waals surface area contributed by atoms with Gasteiger partial charge in [-0.3, -0.25) is 9.59 Å². The number of carbonyl (C=O) groups is 2. The van der Waals surface area contributed by atoms with Crippen LogP contribution in [0.25, 0.3) is 0 Å². The molecular formula is C18H26N2O2. The lowest BCUT2D eigenvalue weighted by Crippen LogP contribution is -2.42. The van der Waals surface area contributed by atoms with Gasteiger partial charge in [-0.25, -0.2) is 0 Å². The zero-order valence-corrected chi connectivity index (χ0v) is 13.6. The van der Waals surface area contributed by atoms with Gasteiger partial charge >= 0.3 is 0 Å². The van der Waals surface area contributed by atoms with Gasteiger partial charge in [-0.05, 0) is 38.7 Å². The summed E-state index contributed by atoms with van der Waals surface area (Å²) in [5, 5.41) is 0. The average molecular weight is 302 g/mol. The second kappa shape index (κ2) is 7.97. The third kappa shape index (κ3) is 4.58. The Hall–Kier alpha value is -1.84. The van der Waals surface area contributed by atoms with Gasteiger partial charge in [0.05, 0.1) is 0 Å². The number of likely N-dealkylation sites (tertiary alicyclic amines) is 1. The van der Waals surface area contributed by atoms with Crippen molar-refractivity contribution in [2.75, 3.05) is 13.1 Å². The molecular weight excluding hydrogens is 276 g/mol. The van der Waals surface area contributed by atoms with E-state index in [1.807, 2.05) is 49.1 Å². The zero-order chi connectivity index (χ0) is 15.9. The lowest BCUT2D eigenvalue weighted by molar-refractivity contribution is -0.142. The predicted molar refractivity (Wildman–Crippen MR) is 87.2 cm³/mol. The number of carbonyl (C=O) groups excluding carboxylic acids is 2. The molecule has 0 bridgehead atoms. The third-order valence-corrected chi connectivity index (χ3v) is 4.15. The fourth-order valence-corrected chi connectivity index (χ4v) is 2.82. The van der Waals surface area contributed by atoms with Crippen LogP contribution in [0.2, 0.25) is 0 Å². The van der Waals surface area contributed by atoms with Crippen LogP contribution in [0.1, 0.15) is 45.1 Å². The van der Waals surface area contributed by atoms with Gasteiger partial charge < -0.3 is 9.80 Å². The minimum Gasteiger partial charge on any atom is -0.342 e. The highest BCUT2D eigenvalue weighted by Gasteiger charge is 2.24. The number of rotatable bonds is 5. The van der Waals surface area contributed by atoms with E-state index in [-0.39, 0.29) is 24.3 Å². The average Bonchev–Trinajstić information content (AvgIpc) is 2.54. The maximum atomic E-state index is 12.5. The molecule has 0 N–H and O–H groups in total. The summed E-state index contributed by atoms with van der Waals surface area (Å²) in [4.78, 5) is 28.4. The smallest absolute Gasteiger partial charge is 0.232 e. The van der Waals surface area contributed by atoms with Gasteiger partial charge in [0, 0.05) is 25.7 Å². The maximum Gasteiger partial charge on any atom is 0.232 e. The number of nitrogens with zero attached hydrogens (tertiary/aromatic N) is 2. The summed E-state index contributed by atoms with van der Waals surface area (Å²) in [7, 11) is 0. The lowest BCUT2D eigenvalue weighted by atomic mass is 10.1. The molecule has 0 saturated carbocycles. The SMILES string of the molecule is CC(C)N(Cc1ccccc1)C(=O)CC(=O)N1CCCCC1. The first-order valence-corrected chi connectivity index (χ1v) is 8.19. The molecule has 4 nitrogen and oxygen atoms in total. The highest BCUT2D eigenvalue weighted by atomic mass is 16.2. The van der Waals surface area contributed by atoms with E-state index in [9.17, 15) is 9.59 Å². The number of hydrogen-bond acceptors (Lipinski definition) is 2. The Bertz CT molecular complexity index is 493.